The zero-order valence-electron chi connectivity index (χ0n) is 13.1. The lowest BCUT2D eigenvalue weighted by Crippen LogP contribution is -2.30. The number of ether oxygens (including phenoxy) is 2. The molecule has 1 aliphatic heterocycles. The van der Waals surface area contributed by atoms with Gasteiger partial charge in [0.2, 0.25) is 10.0 Å². The number of rotatable bonds is 5. The van der Waals surface area contributed by atoms with E-state index in [1.54, 1.807) is 27.8 Å². The maximum Gasteiger partial charge on any atom is 0.247 e. The van der Waals surface area contributed by atoms with Crippen LogP contribution in [0, 0.1) is 0 Å². The van der Waals surface area contributed by atoms with Crippen LogP contribution in [0.25, 0.3) is 0 Å². The zero-order valence-corrected chi connectivity index (χ0v) is 14.7. The molecule has 0 saturated carbocycles. The molecule has 0 amide bonds. The molecule has 7 heteroatoms. The molecule has 1 saturated heterocycles. The maximum atomic E-state index is 13.2. The van der Waals surface area contributed by atoms with Crippen LogP contribution in [0.5, 0.6) is 11.5 Å². The van der Waals surface area contributed by atoms with Crippen molar-refractivity contribution < 1.29 is 17.9 Å². The first kappa shape index (κ1) is 16.3. The molecule has 0 spiro atoms. The molecular formula is C16H19NO4S2. The lowest BCUT2D eigenvalue weighted by atomic mass is 10.2. The Morgan fingerprint density at radius 3 is 2.70 bits per heavy atom. The third kappa shape index (κ3) is 2.96. The fourth-order valence-electron chi connectivity index (χ4n) is 2.90. The Morgan fingerprint density at radius 1 is 1.22 bits per heavy atom. The number of sulfonamides is 1. The fraction of sp³-hybridized carbons (Fsp3) is 0.375. The molecule has 3 rings (SSSR count). The minimum Gasteiger partial charge on any atom is -0.497 e. The highest BCUT2D eigenvalue weighted by molar-refractivity contribution is 7.89. The van der Waals surface area contributed by atoms with Gasteiger partial charge >= 0.3 is 0 Å². The summed E-state index contributed by atoms with van der Waals surface area (Å²) in [5, 5.41) is 1.98. The summed E-state index contributed by atoms with van der Waals surface area (Å²) < 4.78 is 38.4. The van der Waals surface area contributed by atoms with Crippen molar-refractivity contribution in [2.45, 2.75) is 23.8 Å². The Labute approximate surface area is 140 Å². The van der Waals surface area contributed by atoms with Crippen molar-refractivity contribution in [3.63, 3.8) is 0 Å². The average Bonchev–Trinajstić information content (AvgIpc) is 3.24. The molecule has 1 aromatic carbocycles. The van der Waals surface area contributed by atoms with E-state index in [0.717, 1.165) is 17.7 Å². The Hall–Kier alpha value is -1.57. The van der Waals surface area contributed by atoms with Crippen molar-refractivity contribution in [2.24, 2.45) is 0 Å². The first-order valence-corrected chi connectivity index (χ1v) is 9.67. The van der Waals surface area contributed by atoms with Gasteiger partial charge in [0.1, 0.15) is 16.4 Å². The van der Waals surface area contributed by atoms with Crippen LogP contribution in [-0.4, -0.2) is 33.5 Å². The molecular weight excluding hydrogens is 334 g/mol. The number of hydrogen-bond donors (Lipinski definition) is 0. The van der Waals surface area contributed by atoms with E-state index >= 15 is 0 Å². The number of thiophene rings is 1. The average molecular weight is 353 g/mol. The topological polar surface area (TPSA) is 55.8 Å². The third-order valence-electron chi connectivity index (χ3n) is 4.03. The van der Waals surface area contributed by atoms with Gasteiger partial charge in [0.05, 0.1) is 20.3 Å². The Balaban J connectivity index is 2.04. The van der Waals surface area contributed by atoms with Gasteiger partial charge in [-0.3, -0.25) is 0 Å². The summed E-state index contributed by atoms with van der Waals surface area (Å²) in [4.78, 5) is 1.23. The molecule has 1 unspecified atom stereocenters. The second kappa shape index (κ2) is 6.51. The summed E-state index contributed by atoms with van der Waals surface area (Å²) in [6, 6.07) is 8.69. The molecule has 23 heavy (non-hydrogen) atoms. The van der Waals surface area contributed by atoms with Crippen LogP contribution in [0.15, 0.2) is 40.6 Å². The molecule has 1 aliphatic rings. The highest BCUT2D eigenvalue weighted by Crippen LogP contribution is 2.40. The van der Waals surface area contributed by atoms with Gasteiger partial charge in [-0.25, -0.2) is 8.42 Å². The van der Waals surface area contributed by atoms with Gasteiger partial charge in [0.25, 0.3) is 0 Å². The molecule has 0 N–H and O–H groups in total. The lowest BCUT2D eigenvalue weighted by molar-refractivity contribution is 0.377. The summed E-state index contributed by atoms with van der Waals surface area (Å²) in [7, 11) is -0.664. The predicted molar refractivity (Wildman–Crippen MR) is 89.7 cm³/mol. The number of hydrogen-bond acceptors (Lipinski definition) is 5. The minimum absolute atomic E-state index is 0.101. The van der Waals surface area contributed by atoms with E-state index in [1.807, 2.05) is 17.5 Å². The van der Waals surface area contributed by atoms with Crippen LogP contribution in [0.4, 0.5) is 0 Å². The van der Waals surface area contributed by atoms with Crippen LogP contribution in [0.1, 0.15) is 23.8 Å². The van der Waals surface area contributed by atoms with Gasteiger partial charge in [-0.15, -0.1) is 11.3 Å². The van der Waals surface area contributed by atoms with E-state index in [0.29, 0.717) is 18.0 Å². The second-order valence-electron chi connectivity index (χ2n) is 5.31. The highest BCUT2D eigenvalue weighted by Gasteiger charge is 2.38. The van der Waals surface area contributed by atoms with E-state index in [1.165, 1.54) is 20.3 Å². The summed E-state index contributed by atoms with van der Waals surface area (Å²) in [5.41, 5.74) is 0. The predicted octanol–water partition coefficient (Wildman–Crippen LogP) is 3.29. The van der Waals surface area contributed by atoms with Crippen LogP contribution in [0.3, 0.4) is 0 Å². The van der Waals surface area contributed by atoms with Crippen LogP contribution >= 0.6 is 11.3 Å². The largest absolute Gasteiger partial charge is 0.497 e. The molecule has 0 bridgehead atoms. The standard InChI is InChI=1S/C16H19NO4S2/c1-20-12-7-8-14(21-2)16(11-12)23(18,19)17-9-3-5-13(17)15-6-4-10-22-15/h4,6-8,10-11,13H,3,5,9H2,1-2H3. The Bertz CT molecular complexity index is 771. The van der Waals surface area contributed by atoms with Gasteiger partial charge in [0, 0.05) is 17.5 Å². The van der Waals surface area contributed by atoms with E-state index < -0.39 is 10.0 Å². The quantitative estimate of drug-likeness (QED) is 0.828. The van der Waals surface area contributed by atoms with Crippen molar-refractivity contribution in [1.82, 2.24) is 4.31 Å². The van der Waals surface area contributed by atoms with E-state index in [2.05, 4.69) is 0 Å². The fourth-order valence-corrected chi connectivity index (χ4v) is 5.69. The molecule has 1 fully saturated rings. The second-order valence-corrected chi connectivity index (χ2v) is 8.14. The van der Waals surface area contributed by atoms with Crippen molar-refractivity contribution in [3.05, 3.63) is 40.6 Å². The first-order chi connectivity index (χ1) is 11.1. The molecule has 0 aliphatic carbocycles. The summed E-state index contributed by atoms with van der Waals surface area (Å²) >= 11 is 1.59. The lowest BCUT2D eigenvalue weighted by Gasteiger charge is -2.24. The van der Waals surface area contributed by atoms with Crippen molar-refractivity contribution >= 4 is 21.4 Å². The summed E-state index contributed by atoms with van der Waals surface area (Å²) in [6.45, 7) is 0.519. The van der Waals surface area contributed by atoms with Crippen LogP contribution < -0.4 is 9.47 Å². The number of methoxy groups -OCH3 is 2. The zero-order chi connectivity index (χ0) is 16.4. The molecule has 5 nitrogen and oxygen atoms in total. The van der Waals surface area contributed by atoms with Crippen LogP contribution in [-0.2, 0) is 10.0 Å². The van der Waals surface area contributed by atoms with E-state index in [9.17, 15) is 8.42 Å². The van der Waals surface area contributed by atoms with Crippen molar-refractivity contribution in [3.8, 4) is 11.5 Å². The summed E-state index contributed by atoms with van der Waals surface area (Å²) in [5.74, 6) is 0.832. The minimum atomic E-state index is -3.65. The van der Waals surface area contributed by atoms with Gasteiger partial charge in [-0.05, 0) is 36.4 Å². The Kier molecular flexibility index (Phi) is 4.61. The van der Waals surface area contributed by atoms with Crippen molar-refractivity contribution in [2.75, 3.05) is 20.8 Å². The molecule has 2 aromatic rings. The Morgan fingerprint density at radius 2 is 2.04 bits per heavy atom. The van der Waals surface area contributed by atoms with Crippen molar-refractivity contribution in [1.29, 1.82) is 0 Å². The normalized spacial score (nSPS) is 19.0. The maximum absolute atomic E-state index is 13.2. The van der Waals surface area contributed by atoms with Gasteiger partial charge < -0.3 is 9.47 Å². The molecule has 124 valence electrons. The van der Waals surface area contributed by atoms with Gasteiger partial charge in [0.15, 0.2) is 0 Å². The third-order valence-corrected chi connectivity index (χ3v) is 6.94. The molecule has 0 radical (unpaired) electrons. The first-order valence-electron chi connectivity index (χ1n) is 7.35. The van der Waals surface area contributed by atoms with E-state index in [4.69, 9.17) is 9.47 Å². The number of nitrogens with zero attached hydrogens (tertiary/aromatic N) is 1. The van der Waals surface area contributed by atoms with Crippen LogP contribution in [0.2, 0.25) is 0 Å². The van der Waals surface area contributed by atoms with Gasteiger partial charge in [-0.2, -0.15) is 4.31 Å². The number of benzene rings is 1. The highest BCUT2D eigenvalue weighted by atomic mass is 32.2. The molecule has 1 aromatic heterocycles. The van der Waals surface area contributed by atoms with Gasteiger partial charge in [-0.1, -0.05) is 6.07 Å². The monoisotopic (exact) mass is 353 g/mol. The summed E-state index contributed by atoms with van der Waals surface area (Å²) in [6.07, 6.45) is 1.69. The smallest absolute Gasteiger partial charge is 0.247 e. The van der Waals surface area contributed by atoms with E-state index in [-0.39, 0.29) is 10.9 Å². The molecule has 1 atom stereocenters. The molecule has 2 heterocycles. The SMILES string of the molecule is COc1ccc(OC)c(S(=O)(=O)N2CCCC2c2cccs2)c1.